The van der Waals surface area contributed by atoms with Crippen LogP contribution >= 0.6 is 11.8 Å². The van der Waals surface area contributed by atoms with Crippen LogP contribution in [0.3, 0.4) is 0 Å². The Kier molecular flexibility index (Phi) is 14.7. The summed E-state index contributed by atoms with van der Waals surface area (Å²) < 4.78 is 5.45. The Bertz CT molecular complexity index is 428. The molecule has 28 heavy (non-hydrogen) atoms. The van der Waals surface area contributed by atoms with Crippen molar-refractivity contribution in [1.29, 1.82) is 0 Å². The molecule has 6 heteroatoms. The van der Waals surface area contributed by atoms with Gasteiger partial charge in [0.2, 0.25) is 11.8 Å². The highest BCUT2D eigenvalue weighted by Gasteiger charge is 2.10. The Morgan fingerprint density at radius 1 is 0.786 bits per heavy atom. The van der Waals surface area contributed by atoms with E-state index in [0.717, 1.165) is 24.3 Å². The predicted octanol–water partition coefficient (Wildman–Crippen LogP) is 4.40. The highest BCUT2D eigenvalue weighted by Crippen LogP contribution is 2.22. The summed E-state index contributed by atoms with van der Waals surface area (Å²) in [6, 6.07) is 0. The number of nitrogens with one attached hydrogen (secondary N) is 2. The minimum absolute atomic E-state index is 0.0739. The molecule has 0 unspecified atom stereocenters. The molecule has 0 saturated carbocycles. The van der Waals surface area contributed by atoms with Gasteiger partial charge in [0.25, 0.3) is 0 Å². The molecule has 2 N–H and O–H groups in total. The van der Waals surface area contributed by atoms with Gasteiger partial charge in [0, 0.05) is 31.7 Å². The van der Waals surface area contributed by atoms with E-state index in [1.807, 2.05) is 11.8 Å². The van der Waals surface area contributed by atoms with Crippen molar-refractivity contribution >= 4 is 23.6 Å². The van der Waals surface area contributed by atoms with Gasteiger partial charge in [0.05, 0.1) is 13.2 Å². The molecule has 0 aliphatic heterocycles. The summed E-state index contributed by atoms with van der Waals surface area (Å²) in [6.45, 7) is 15.4. The second-order valence-corrected chi connectivity index (χ2v) is 10.9. The predicted molar refractivity (Wildman–Crippen MR) is 121 cm³/mol. The van der Waals surface area contributed by atoms with Gasteiger partial charge in [0.15, 0.2) is 0 Å². The first-order chi connectivity index (χ1) is 13.0. The third-order valence-corrected chi connectivity index (χ3v) is 5.54. The zero-order valence-corrected chi connectivity index (χ0v) is 19.9. The molecule has 0 rings (SSSR count). The van der Waals surface area contributed by atoms with Crippen molar-refractivity contribution in [1.82, 2.24) is 10.6 Å². The van der Waals surface area contributed by atoms with Gasteiger partial charge in [0.1, 0.15) is 0 Å². The van der Waals surface area contributed by atoms with Crippen LogP contribution in [0.1, 0.15) is 80.1 Å². The van der Waals surface area contributed by atoms with E-state index >= 15 is 0 Å². The molecule has 0 radical (unpaired) electrons. The molecule has 0 aliphatic carbocycles. The molecular weight excluding hydrogens is 372 g/mol. The maximum atomic E-state index is 11.7. The molecule has 0 fully saturated rings. The van der Waals surface area contributed by atoms with Crippen molar-refractivity contribution in [2.45, 2.75) is 80.1 Å². The summed E-state index contributed by atoms with van der Waals surface area (Å²) in [5.74, 6) is 2.09. The number of ether oxygens (including phenoxy) is 1. The summed E-state index contributed by atoms with van der Waals surface area (Å²) in [4.78, 5) is 23.5. The fraction of sp³-hybridized carbons (Fsp3) is 0.909. The largest absolute Gasteiger partial charge is 0.378 e. The Labute approximate surface area is 177 Å². The topological polar surface area (TPSA) is 67.4 Å². The smallest absolute Gasteiger partial charge is 0.220 e. The number of carbonyl (C=O) groups is 2. The van der Waals surface area contributed by atoms with Gasteiger partial charge in [-0.2, -0.15) is 11.8 Å². The minimum atomic E-state index is 0.0739. The second-order valence-electron chi connectivity index (χ2n) is 9.80. The Morgan fingerprint density at radius 2 is 1.36 bits per heavy atom. The zero-order chi connectivity index (χ0) is 21.5. The zero-order valence-electron chi connectivity index (χ0n) is 19.1. The van der Waals surface area contributed by atoms with Gasteiger partial charge < -0.3 is 15.4 Å². The molecule has 0 aromatic carbocycles. The Balaban J connectivity index is 3.40. The fourth-order valence-corrected chi connectivity index (χ4v) is 3.55. The summed E-state index contributed by atoms with van der Waals surface area (Å²) >= 11 is 1.82. The minimum Gasteiger partial charge on any atom is -0.378 e. The van der Waals surface area contributed by atoms with Crippen molar-refractivity contribution < 1.29 is 14.3 Å². The second kappa shape index (κ2) is 15.1. The lowest BCUT2D eigenvalue weighted by Crippen LogP contribution is -2.30. The van der Waals surface area contributed by atoms with Crippen LogP contribution in [0.15, 0.2) is 0 Å². The van der Waals surface area contributed by atoms with Gasteiger partial charge in [-0.3, -0.25) is 9.59 Å². The third kappa shape index (κ3) is 21.5. The van der Waals surface area contributed by atoms with Crippen LogP contribution in [0, 0.1) is 10.8 Å². The van der Waals surface area contributed by atoms with Gasteiger partial charge in [-0.25, -0.2) is 0 Å². The van der Waals surface area contributed by atoms with E-state index in [1.54, 1.807) is 0 Å². The number of thioether (sulfide) groups is 1. The number of unbranched alkanes of at least 4 members (excludes halogenated alkanes) is 2. The van der Waals surface area contributed by atoms with E-state index in [9.17, 15) is 9.59 Å². The molecule has 0 aromatic heterocycles. The maximum Gasteiger partial charge on any atom is 0.220 e. The van der Waals surface area contributed by atoms with E-state index in [-0.39, 0.29) is 11.8 Å². The lowest BCUT2D eigenvalue weighted by molar-refractivity contribution is -0.121. The van der Waals surface area contributed by atoms with Crippen molar-refractivity contribution in [3.05, 3.63) is 0 Å². The van der Waals surface area contributed by atoms with Crippen molar-refractivity contribution in [2.24, 2.45) is 10.8 Å². The van der Waals surface area contributed by atoms with Gasteiger partial charge in [-0.1, -0.05) is 54.4 Å². The first kappa shape index (κ1) is 27.2. The fourth-order valence-electron chi connectivity index (χ4n) is 2.46. The third-order valence-electron chi connectivity index (χ3n) is 3.98. The summed E-state index contributed by atoms with van der Waals surface area (Å²) in [6.07, 6.45) is 5.58. The monoisotopic (exact) mass is 416 g/mol. The molecule has 0 heterocycles. The number of hydrogen-bond donors (Lipinski definition) is 2. The van der Waals surface area contributed by atoms with Crippen LogP contribution in [0.4, 0.5) is 0 Å². The number of hydrogen-bond acceptors (Lipinski definition) is 4. The first-order valence-corrected chi connectivity index (χ1v) is 11.8. The van der Waals surface area contributed by atoms with Crippen LogP contribution in [-0.2, 0) is 14.3 Å². The highest BCUT2D eigenvalue weighted by atomic mass is 32.2. The number of carbonyl (C=O) groups excluding carboxylic acids is 2. The van der Waals surface area contributed by atoms with Crippen LogP contribution in [0.2, 0.25) is 0 Å². The molecule has 0 saturated heterocycles. The molecule has 5 nitrogen and oxygen atoms in total. The van der Waals surface area contributed by atoms with Gasteiger partial charge >= 0.3 is 0 Å². The molecule has 0 aromatic rings. The van der Waals surface area contributed by atoms with Crippen LogP contribution in [0.25, 0.3) is 0 Å². The number of amides is 2. The van der Waals surface area contributed by atoms with Gasteiger partial charge in [-0.05, 0) is 29.4 Å². The summed E-state index contributed by atoms with van der Waals surface area (Å²) in [5.41, 5.74) is 0.681. The Morgan fingerprint density at radius 3 is 1.89 bits per heavy atom. The average Bonchev–Trinajstić information content (AvgIpc) is 2.55. The van der Waals surface area contributed by atoms with Crippen LogP contribution in [-0.4, -0.2) is 49.6 Å². The van der Waals surface area contributed by atoms with Crippen molar-refractivity contribution in [2.75, 3.05) is 37.8 Å². The Hall–Kier alpha value is -0.750. The van der Waals surface area contributed by atoms with E-state index in [4.69, 9.17) is 4.74 Å². The van der Waals surface area contributed by atoms with E-state index in [1.165, 1.54) is 12.8 Å². The molecule has 2 amide bonds. The highest BCUT2D eigenvalue weighted by molar-refractivity contribution is 7.99. The van der Waals surface area contributed by atoms with E-state index in [0.29, 0.717) is 50.0 Å². The maximum absolute atomic E-state index is 11.7. The normalized spacial score (nSPS) is 12.1. The SMILES string of the molecule is CC(C)(C)CCCCCC(=O)NCCOCCNC(=O)CCSCC(C)(C)C. The molecule has 0 bridgehead atoms. The molecule has 0 aliphatic rings. The average molecular weight is 417 g/mol. The molecule has 0 spiro atoms. The molecule has 0 atom stereocenters. The standard InChI is InChI=1S/C22H44N2O3S/c1-21(2,3)12-9-7-8-10-19(25)23-13-15-27-16-14-24-20(26)11-17-28-18-22(4,5)6/h7-18H2,1-6H3,(H,23,25)(H,24,26). The van der Waals surface area contributed by atoms with Crippen molar-refractivity contribution in [3.63, 3.8) is 0 Å². The number of rotatable bonds is 15. The van der Waals surface area contributed by atoms with Gasteiger partial charge in [-0.15, -0.1) is 0 Å². The van der Waals surface area contributed by atoms with E-state index in [2.05, 4.69) is 52.2 Å². The van der Waals surface area contributed by atoms with Crippen LogP contribution in [0.5, 0.6) is 0 Å². The lowest BCUT2D eigenvalue weighted by Gasteiger charge is -2.17. The molecular formula is C22H44N2O3S. The molecule has 166 valence electrons. The van der Waals surface area contributed by atoms with E-state index < -0.39 is 0 Å². The van der Waals surface area contributed by atoms with Crippen molar-refractivity contribution in [3.8, 4) is 0 Å². The summed E-state index contributed by atoms with van der Waals surface area (Å²) in [7, 11) is 0. The lowest BCUT2D eigenvalue weighted by atomic mass is 9.89. The quantitative estimate of drug-likeness (QED) is 0.388. The first-order valence-electron chi connectivity index (χ1n) is 10.7. The van der Waals surface area contributed by atoms with Crippen LogP contribution < -0.4 is 10.6 Å². The summed E-state index contributed by atoms with van der Waals surface area (Å²) in [5, 5.41) is 5.75.